The number of aliphatic imine (C=N–C) groups is 1. The molecule has 3 unspecified atom stereocenters. The number of sulfone groups is 1. The maximum absolute atomic E-state index is 11.5. The van der Waals surface area contributed by atoms with Crippen molar-refractivity contribution in [1.82, 2.24) is 10.6 Å². The van der Waals surface area contributed by atoms with E-state index in [2.05, 4.69) is 36.4 Å². The molecule has 2 rings (SSSR count). The molecule has 5 nitrogen and oxygen atoms in total. The number of hydrogen-bond acceptors (Lipinski definition) is 3. The Morgan fingerprint density at radius 3 is 2.65 bits per heavy atom. The first-order chi connectivity index (χ1) is 10.9. The topological polar surface area (TPSA) is 70.6 Å². The van der Waals surface area contributed by atoms with Crippen LogP contribution >= 0.6 is 0 Å². The summed E-state index contributed by atoms with van der Waals surface area (Å²) in [4.78, 5) is 4.65. The Morgan fingerprint density at radius 2 is 2.04 bits per heavy atom. The van der Waals surface area contributed by atoms with Crippen LogP contribution in [0.25, 0.3) is 0 Å². The Kier molecular flexibility index (Phi) is 6.74. The Hall–Kier alpha value is -0.780. The minimum atomic E-state index is -2.81. The van der Waals surface area contributed by atoms with Crippen LogP contribution in [0.15, 0.2) is 4.99 Å². The minimum absolute atomic E-state index is 0.185. The molecule has 0 bridgehead atoms. The second-order valence-corrected chi connectivity index (χ2v) is 9.73. The summed E-state index contributed by atoms with van der Waals surface area (Å²) in [5, 5.41) is 6.88. The van der Waals surface area contributed by atoms with E-state index in [0.717, 1.165) is 30.8 Å². The third-order valence-corrected chi connectivity index (χ3v) is 7.01. The van der Waals surface area contributed by atoms with Crippen molar-refractivity contribution < 1.29 is 8.42 Å². The van der Waals surface area contributed by atoms with Crippen LogP contribution < -0.4 is 10.6 Å². The van der Waals surface area contributed by atoms with Crippen molar-refractivity contribution in [2.75, 3.05) is 24.6 Å². The van der Waals surface area contributed by atoms with E-state index >= 15 is 0 Å². The maximum Gasteiger partial charge on any atom is 0.191 e. The fourth-order valence-corrected chi connectivity index (χ4v) is 5.56. The van der Waals surface area contributed by atoms with Crippen molar-refractivity contribution >= 4 is 15.8 Å². The summed E-state index contributed by atoms with van der Waals surface area (Å²) in [5.41, 5.74) is 0. The van der Waals surface area contributed by atoms with Gasteiger partial charge in [-0.2, -0.15) is 0 Å². The van der Waals surface area contributed by atoms with Gasteiger partial charge >= 0.3 is 0 Å². The summed E-state index contributed by atoms with van der Waals surface area (Å²) in [6.45, 7) is 8.12. The van der Waals surface area contributed by atoms with Gasteiger partial charge in [0.05, 0.1) is 11.5 Å². The molecule has 0 aromatic rings. The summed E-state index contributed by atoms with van der Waals surface area (Å²) in [6.07, 6.45) is 5.78. The zero-order valence-electron chi connectivity index (χ0n) is 14.8. The van der Waals surface area contributed by atoms with E-state index in [1.165, 1.54) is 25.7 Å². The number of nitrogens with one attached hydrogen (secondary N) is 2. The lowest BCUT2D eigenvalue weighted by molar-refractivity contribution is 0.244. The Morgan fingerprint density at radius 1 is 1.26 bits per heavy atom. The van der Waals surface area contributed by atoms with Gasteiger partial charge in [0.25, 0.3) is 0 Å². The number of rotatable bonds is 5. The molecule has 1 aliphatic heterocycles. The molecule has 1 aliphatic carbocycles. The van der Waals surface area contributed by atoms with Crippen molar-refractivity contribution in [2.45, 2.75) is 58.9 Å². The molecule has 134 valence electrons. The normalized spacial score (nSPS) is 31.3. The highest BCUT2D eigenvalue weighted by molar-refractivity contribution is 7.91. The van der Waals surface area contributed by atoms with Gasteiger partial charge in [-0.1, -0.05) is 26.7 Å². The van der Waals surface area contributed by atoms with Crippen LogP contribution in [0.1, 0.15) is 52.9 Å². The van der Waals surface area contributed by atoms with Crippen LogP contribution in [0.5, 0.6) is 0 Å². The standard InChI is InChI=1S/C17H33N3O2S/c1-4-18-17(19-11-14-8-9-23(21,22)12-14)20-16-7-5-6-15(10-16)13(2)3/h13-16H,4-12H2,1-3H3,(H2,18,19,20). The summed E-state index contributed by atoms with van der Waals surface area (Å²) in [5.74, 6) is 3.20. The molecule has 0 aromatic carbocycles. The molecule has 6 heteroatoms. The van der Waals surface area contributed by atoms with Gasteiger partial charge in [-0.25, -0.2) is 8.42 Å². The van der Waals surface area contributed by atoms with Crippen LogP contribution in [0.3, 0.4) is 0 Å². The van der Waals surface area contributed by atoms with Crippen molar-refractivity contribution in [3.8, 4) is 0 Å². The second-order valence-electron chi connectivity index (χ2n) is 7.50. The molecule has 3 atom stereocenters. The van der Waals surface area contributed by atoms with E-state index in [0.29, 0.717) is 24.1 Å². The van der Waals surface area contributed by atoms with Gasteiger partial charge in [-0.05, 0) is 43.9 Å². The number of nitrogens with zero attached hydrogens (tertiary/aromatic N) is 1. The summed E-state index contributed by atoms with van der Waals surface area (Å²) < 4.78 is 23.1. The van der Waals surface area contributed by atoms with Crippen LogP contribution in [0.2, 0.25) is 0 Å². The van der Waals surface area contributed by atoms with Gasteiger partial charge in [0, 0.05) is 19.1 Å². The van der Waals surface area contributed by atoms with Crippen LogP contribution in [-0.4, -0.2) is 45.0 Å². The Balaban J connectivity index is 1.89. The molecule has 1 saturated carbocycles. The van der Waals surface area contributed by atoms with Crippen LogP contribution in [-0.2, 0) is 9.84 Å². The zero-order valence-corrected chi connectivity index (χ0v) is 15.7. The fourth-order valence-electron chi connectivity index (χ4n) is 3.71. The molecule has 2 aliphatic rings. The minimum Gasteiger partial charge on any atom is -0.357 e. The average Bonchev–Trinajstić information content (AvgIpc) is 2.84. The first kappa shape index (κ1) is 18.6. The van der Waals surface area contributed by atoms with Crippen LogP contribution in [0, 0.1) is 17.8 Å². The quantitative estimate of drug-likeness (QED) is 0.593. The average molecular weight is 344 g/mol. The van der Waals surface area contributed by atoms with Gasteiger partial charge in [0.2, 0.25) is 0 Å². The van der Waals surface area contributed by atoms with Gasteiger partial charge < -0.3 is 10.6 Å². The lowest BCUT2D eigenvalue weighted by atomic mass is 9.79. The lowest BCUT2D eigenvalue weighted by Gasteiger charge is -2.33. The fraction of sp³-hybridized carbons (Fsp3) is 0.941. The van der Waals surface area contributed by atoms with Gasteiger partial charge in [-0.3, -0.25) is 4.99 Å². The summed E-state index contributed by atoms with van der Waals surface area (Å²) >= 11 is 0. The number of hydrogen-bond donors (Lipinski definition) is 2. The lowest BCUT2D eigenvalue weighted by Crippen LogP contribution is -2.46. The Bertz CT molecular complexity index is 502. The van der Waals surface area contributed by atoms with Crippen molar-refractivity contribution in [3.05, 3.63) is 0 Å². The third-order valence-electron chi connectivity index (χ3n) is 5.18. The van der Waals surface area contributed by atoms with E-state index in [1.807, 2.05) is 0 Å². The highest BCUT2D eigenvalue weighted by Crippen LogP contribution is 2.29. The second kappa shape index (κ2) is 8.36. The first-order valence-corrected chi connectivity index (χ1v) is 11.0. The van der Waals surface area contributed by atoms with Gasteiger partial charge in [-0.15, -0.1) is 0 Å². The van der Waals surface area contributed by atoms with Gasteiger partial charge in [0.15, 0.2) is 15.8 Å². The summed E-state index contributed by atoms with van der Waals surface area (Å²) in [6, 6.07) is 0.487. The molecule has 0 radical (unpaired) electrons. The molecular weight excluding hydrogens is 310 g/mol. The largest absolute Gasteiger partial charge is 0.357 e. The van der Waals surface area contributed by atoms with Crippen molar-refractivity contribution in [1.29, 1.82) is 0 Å². The number of guanidine groups is 1. The summed E-state index contributed by atoms with van der Waals surface area (Å²) in [7, 11) is -2.81. The Labute approximate surface area is 141 Å². The van der Waals surface area contributed by atoms with E-state index in [4.69, 9.17) is 0 Å². The molecule has 0 aromatic heterocycles. The first-order valence-electron chi connectivity index (χ1n) is 9.15. The predicted octanol–water partition coefficient (Wildman–Crippen LogP) is 2.19. The SMILES string of the molecule is CCNC(=NCC1CCS(=O)(=O)C1)NC1CCCC(C(C)C)C1. The highest BCUT2D eigenvalue weighted by Gasteiger charge is 2.28. The molecule has 2 N–H and O–H groups in total. The molecule has 0 spiro atoms. The van der Waals surface area contributed by atoms with E-state index in [-0.39, 0.29) is 5.92 Å². The smallest absolute Gasteiger partial charge is 0.191 e. The van der Waals surface area contributed by atoms with Crippen LogP contribution in [0.4, 0.5) is 0 Å². The van der Waals surface area contributed by atoms with Crippen molar-refractivity contribution in [3.63, 3.8) is 0 Å². The molecular formula is C17H33N3O2S. The van der Waals surface area contributed by atoms with E-state index in [9.17, 15) is 8.42 Å². The van der Waals surface area contributed by atoms with E-state index < -0.39 is 9.84 Å². The third kappa shape index (κ3) is 5.98. The zero-order chi connectivity index (χ0) is 16.9. The van der Waals surface area contributed by atoms with E-state index in [1.54, 1.807) is 0 Å². The molecule has 2 fully saturated rings. The molecule has 1 saturated heterocycles. The maximum atomic E-state index is 11.5. The predicted molar refractivity (Wildman–Crippen MR) is 96.5 cm³/mol. The highest BCUT2D eigenvalue weighted by atomic mass is 32.2. The molecule has 23 heavy (non-hydrogen) atoms. The monoisotopic (exact) mass is 343 g/mol. The van der Waals surface area contributed by atoms with Gasteiger partial charge in [0.1, 0.15) is 0 Å². The molecule has 1 heterocycles. The molecule has 0 amide bonds. The van der Waals surface area contributed by atoms with Crippen molar-refractivity contribution in [2.24, 2.45) is 22.7 Å².